The zero-order chi connectivity index (χ0) is 11.1. The van der Waals surface area contributed by atoms with Crippen LogP contribution in [0.25, 0.3) is 0 Å². The molecule has 90 valence electrons. The average Bonchev–Trinajstić information content (AvgIpc) is 2.41. The fourth-order valence-electron chi connectivity index (χ4n) is 2.35. The van der Waals surface area contributed by atoms with Gasteiger partial charge in [-0.15, -0.1) is 0 Å². The molecule has 1 fully saturated rings. The highest BCUT2D eigenvalue weighted by molar-refractivity contribution is 7.84. The Bertz CT molecular complexity index is 188. The molecule has 0 bridgehead atoms. The molecule has 0 heterocycles. The van der Waals surface area contributed by atoms with Crippen molar-refractivity contribution in [2.24, 2.45) is 5.92 Å². The van der Waals surface area contributed by atoms with Crippen LogP contribution in [0, 0.1) is 5.92 Å². The summed E-state index contributed by atoms with van der Waals surface area (Å²) >= 11 is 0. The summed E-state index contributed by atoms with van der Waals surface area (Å²) in [4.78, 5) is 0. The van der Waals surface area contributed by atoms with E-state index in [-0.39, 0.29) is 0 Å². The monoisotopic (exact) mass is 231 g/mol. The maximum absolute atomic E-state index is 11.0. The van der Waals surface area contributed by atoms with Crippen molar-refractivity contribution in [3.05, 3.63) is 0 Å². The lowest BCUT2D eigenvalue weighted by Crippen LogP contribution is -2.34. The third-order valence-corrected chi connectivity index (χ3v) is 4.18. The quantitative estimate of drug-likeness (QED) is 0.736. The Balaban J connectivity index is 2.14. The molecule has 0 aromatic carbocycles. The summed E-state index contributed by atoms with van der Waals surface area (Å²) in [6.45, 7) is 3.26. The standard InChI is InChI=1S/C12H25NOS/c1-11(10-15(2)14)13-9-12-7-5-3-4-6-8-12/h11-13H,3-10H2,1-2H3. The fraction of sp³-hybridized carbons (Fsp3) is 1.00. The van der Waals surface area contributed by atoms with Crippen molar-refractivity contribution in [2.75, 3.05) is 18.6 Å². The lowest BCUT2D eigenvalue weighted by Gasteiger charge is -2.18. The van der Waals surface area contributed by atoms with Crippen molar-refractivity contribution >= 4 is 10.8 Å². The zero-order valence-electron chi connectivity index (χ0n) is 10.1. The fourth-order valence-corrected chi connectivity index (χ4v) is 3.17. The minimum absolute atomic E-state index is 0.402. The summed E-state index contributed by atoms with van der Waals surface area (Å²) < 4.78 is 11.0. The molecule has 3 heteroatoms. The Morgan fingerprint density at radius 3 is 2.40 bits per heavy atom. The van der Waals surface area contributed by atoms with Crippen LogP contribution in [-0.2, 0) is 10.8 Å². The van der Waals surface area contributed by atoms with Crippen LogP contribution in [0.2, 0.25) is 0 Å². The third kappa shape index (κ3) is 6.31. The Hall–Kier alpha value is 0.110. The van der Waals surface area contributed by atoms with E-state index >= 15 is 0 Å². The largest absolute Gasteiger partial charge is 0.313 e. The number of hydrogen-bond acceptors (Lipinski definition) is 2. The molecule has 1 aliphatic carbocycles. The van der Waals surface area contributed by atoms with Gasteiger partial charge in [0.25, 0.3) is 0 Å². The maximum Gasteiger partial charge on any atom is 0.0383 e. The molecule has 0 aromatic heterocycles. The van der Waals surface area contributed by atoms with E-state index in [9.17, 15) is 4.21 Å². The van der Waals surface area contributed by atoms with Crippen molar-refractivity contribution in [2.45, 2.75) is 51.5 Å². The molecule has 0 amide bonds. The van der Waals surface area contributed by atoms with E-state index in [1.165, 1.54) is 38.5 Å². The van der Waals surface area contributed by atoms with Gasteiger partial charge in [0, 0.05) is 28.9 Å². The maximum atomic E-state index is 11.0. The van der Waals surface area contributed by atoms with E-state index in [1.54, 1.807) is 6.26 Å². The van der Waals surface area contributed by atoms with Gasteiger partial charge in [-0.05, 0) is 32.2 Å². The Morgan fingerprint density at radius 2 is 1.87 bits per heavy atom. The zero-order valence-corrected chi connectivity index (χ0v) is 10.9. The molecular weight excluding hydrogens is 206 g/mol. The Labute approximate surface area is 96.7 Å². The smallest absolute Gasteiger partial charge is 0.0383 e. The predicted molar refractivity (Wildman–Crippen MR) is 67.6 cm³/mol. The molecule has 0 saturated heterocycles. The van der Waals surface area contributed by atoms with Crippen molar-refractivity contribution < 1.29 is 4.21 Å². The number of rotatable bonds is 5. The lowest BCUT2D eigenvalue weighted by atomic mass is 10.0. The highest BCUT2D eigenvalue weighted by atomic mass is 32.2. The molecule has 0 radical (unpaired) electrons. The highest BCUT2D eigenvalue weighted by Gasteiger charge is 2.13. The van der Waals surface area contributed by atoms with Crippen LogP contribution in [0.15, 0.2) is 0 Å². The molecule has 2 unspecified atom stereocenters. The van der Waals surface area contributed by atoms with Crippen LogP contribution < -0.4 is 5.32 Å². The van der Waals surface area contributed by atoms with Gasteiger partial charge in [-0.1, -0.05) is 25.7 Å². The van der Waals surface area contributed by atoms with Gasteiger partial charge in [0.1, 0.15) is 0 Å². The summed E-state index contributed by atoms with van der Waals surface area (Å²) in [6, 6.07) is 0.402. The molecule has 1 saturated carbocycles. The molecule has 0 aromatic rings. The first-order valence-electron chi connectivity index (χ1n) is 6.22. The highest BCUT2D eigenvalue weighted by Crippen LogP contribution is 2.22. The molecule has 1 rings (SSSR count). The van der Waals surface area contributed by atoms with Gasteiger partial charge in [-0.3, -0.25) is 4.21 Å². The van der Waals surface area contributed by atoms with Crippen LogP contribution in [0.5, 0.6) is 0 Å². The SMILES string of the molecule is CC(CS(C)=O)NCC1CCCCCC1. The van der Waals surface area contributed by atoms with E-state index in [1.807, 2.05) is 0 Å². The minimum Gasteiger partial charge on any atom is -0.313 e. The molecule has 0 spiro atoms. The predicted octanol–water partition coefficient (Wildman–Crippen LogP) is 2.31. The van der Waals surface area contributed by atoms with Gasteiger partial charge < -0.3 is 5.32 Å². The van der Waals surface area contributed by atoms with Crippen LogP contribution >= 0.6 is 0 Å². The van der Waals surface area contributed by atoms with Gasteiger partial charge in [0.15, 0.2) is 0 Å². The lowest BCUT2D eigenvalue weighted by molar-refractivity contribution is 0.408. The Morgan fingerprint density at radius 1 is 1.27 bits per heavy atom. The first-order valence-corrected chi connectivity index (χ1v) is 7.94. The molecule has 0 aliphatic heterocycles. The molecule has 2 atom stereocenters. The third-order valence-electron chi connectivity index (χ3n) is 3.21. The first-order chi connectivity index (χ1) is 7.18. The van der Waals surface area contributed by atoms with E-state index in [4.69, 9.17) is 0 Å². The van der Waals surface area contributed by atoms with Gasteiger partial charge in [0.2, 0.25) is 0 Å². The molecule has 2 nitrogen and oxygen atoms in total. The second-order valence-corrected chi connectivity index (χ2v) is 6.39. The van der Waals surface area contributed by atoms with Crippen LogP contribution in [0.4, 0.5) is 0 Å². The second kappa shape index (κ2) is 7.39. The summed E-state index contributed by atoms with van der Waals surface area (Å²) in [6.07, 6.45) is 10.2. The van der Waals surface area contributed by atoms with Crippen LogP contribution in [-0.4, -0.2) is 28.8 Å². The second-order valence-electron chi connectivity index (χ2n) is 4.91. The van der Waals surface area contributed by atoms with Crippen molar-refractivity contribution in [1.82, 2.24) is 5.32 Å². The van der Waals surface area contributed by atoms with E-state index in [0.717, 1.165) is 18.2 Å². The molecule has 1 N–H and O–H groups in total. The summed E-state index contributed by atoms with van der Waals surface area (Å²) in [7, 11) is -0.668. The van der Waals surface area contributed by atoms with Gasteiger partial charge in [-0.25, -0.2) is 0 Å². The van der Waals surface area contributed by atoms with Gasteiger partial charge in [-0.2, -0.15) is 0 Å². The molecule has 1 aliphatic rings. The number of nitrogens with one attached hydrogen (secondary N) is 1. The minimum atomic E-state index is -0.668. The van der Waals surface area contributed by atoms with E-state index in [0.29, 0.717) is 6.04 Å². The normalized spacial score (nSPS) is 23.3. The van der Waals surface area contributed by atoms with Crippen molar-refractivity contribution in [1.29, 1.82) is 0 Å². The van der Waals surface area contributed by atoms with Gasteiger partial charge in [0.05, 0.1) is 0 Å². The summed E-state index contributed by atoms with van der Waals surface area (Å²) in [5.41, 5.74) is 0. The number of hydrogen-bond donors (Lipinski definition) is 1. The van der Waals surface area contributed by atoms with Gasteiger partial charge >= 0.3 is 0 Å². The van der Waals surface area contributed by atoms with Crippen molar-refractivity contribution in [3.8, 4) is 0 Å². The van der Waals surface area contributed by atoms with E-state index < -0.39 is 10.8 Å². The average molecular weight is 231 g/mol. The van der Waals surface area contributed by atoms with Crippen LogP contribution in [0.3, 0.4) is 0 Å². The summed E-state index contributed by atoms with van der Waals surface area (Å²) in [5, 5.41) is 3.52. The molecule has 15 heavy (non-hydrogen) atoms. The van der Waals surface area contributed by atoms with Crippen LogP contribution in [0.1, 0.15) is 45.4 Å². The summed E-state index contributed by atoms with van der Waals surface area (Å²) in [5.74, 6) is 1.65. The van der Waals surface area contributed by atoms with E-state index in [2.05, 4.69) is 12.2 Å². The molecular formula is C12H25NOS. The first kappa shape index (κ1) is 13.2. The van der Waals surface area contributed by atoms with Crippen molar-refractivity contribution in [3.63, 3.8) is 0 Å². The topological polar surface area (TPSA) is 29.1 Å². The Kier molecular flexibility index (Phi) is 6.50.